The molecule has 3 rings (SSSR count). The molecule has 0 saturated carbocycles. The zero-order chi connectivity index (χ0) is 17.5. The monoisotopic (exact) mass is 333 g/mol. The first-order valence-corrected chi connectivity index (χ1v) is 7.94. The zero-order valence-electron chi connectivity index (χ0n) is 13.9. The summed E-state index contributed by atoms with van der Waals surface area (Å²) in [5, 5.41) is 9.33. The molecule has 0 aliphatic rings. The Labute approximate surface area is 146 Å². The number of hydrogen-bond donors (Lipinski definition) is 2. The molecule has 0 radical (unpaired) electrons. The molecule has 0 aliphatic heterocycles. The average molecular weight is 333 g/mol. The van der Waals surface area contributed by atoms with Crippen molar-refractivity contribution < 1.29 is 9.53 Å². The van der Waals surface area contributed by atoms with E-state index in [1.807, 2.05) is 66.7 Å². The van der Waals surface area contributed by atoms with E-state index in [1.165, 1.54) is 0 Å². The summed E-state index contributed by atoms with van der Waals surface area (Å²) in [6.45, 7) is 0.147. The predicted molar refractivity (Wildman–Crippen MR) is 101 cm³/mol. The molecule has 5 heteroatoms. The molecular formula is C20H19N3O2. The van der Waals surface area contributed by atoms with Crippen molar-refractivity contribution in [3.05, 3.63) is 72.3 Å². The molecule has 2 N–H and O–H groups in total. The number of carbonyl (C=O) groups excluding carboxylic acids is 1. The summed E-state index contributed by atoms with van der Waals surface area (Å²) in [6, 6.07) is 21.4. The maximum absolute atomic E-state index is 11.9. The van der Waals surface area contributed by atoms with E-state index in [9.17, 15) is 4.79 Å². The summed E-state index contributed by atoms with van der Waals surface area (Å²) >= 11 is 0. The van der Waals surface area contributed by atoms with Crippen LogP contribution < -0.4 is 15.5 Å². The SMILES string of the molecule is COc1ccc(C=NNC(=O)CNc2cccc3ccccc23)cc1. The first kappa shape index (κ1) is 16.5. The Morgan fingerprint density at radius 1 is 1.04 bits per heavy atom. The standard InChI is InChI=1S/C20H19N3O2/c1-25-17-11-9-15(10-12-17)13-22-23-20(24)14-21-19-8-4-6-16-5-2-3-7-18(16)19/h2-13,21H,14H2,1H3,(H,23,24). The number of hydrazone groups is 1. The van der Waals surface area contributed by atoms with Crippen LogP contribution in [0.3, 0.4) is 0 Å². The highest BCUT2D eigenvalue weighted by Crippen LogP contribution is 2.22. The minimum atomic E-state index is -0.210. The molecule has 0 aliphatic carbocycles. The molecule has 0 aromatic heterocycles. The van der Waals surface area contributed by atoms with Crippen LogP contribution in [0, 0.1) is 0 Å². The highest BCUT2D eigenvalue weighted by molar-refractivity contribution is 5.95. The lowest BCUT2D eigenvalue weighted by molar-refractivity contribution is -0.119. The van der Waals surface area contributed by atoms with Crippen LogP contribution >= 0.6 is 0 Å². The van der Waals surface area contributed by atoms with Gasteiger partial charge < -0.3 is 10.1 Å². The van der Waals surface area contributed by atoms with Gasteiger partial charge in [0.05, 0.1) is 19.9 Å². The van der Waals surface area contributed by atoms with Crippen LogP contribution in [0.2, 0.25) is 0 Å². The number of hydrogen-bond acceptors (Lipinski definition) is 4. The molecule has 25 heavy (non-hydrogen) atoms. The zero-order valence-corrected chi connectivity index (χ0v) is 13.9. The molecule has 0 unspecified atom stereocenters. The highest BCUT2D eigenvalue weighted by Gasteiger charge is 2.03. The number of nitrogens with one attached hydrogen (secondary N) is 2. The predicted octanol–water partition coefficient (Wildman–Crippen LogP) is 3.41. The summed E-state index contributed by atoms with van der Waals surface area (Å²) in [5.41, 5.74) is 4.32. The van der Waals surface area contributed by atoms with E-state index in [0.717, 1.165) is 27.8 Å². The number of rotatable bonds is 6. The number of carbonyl (C=O) groups is 1. The van der Waals surface area contributed by atoms with Crippen LogP contribution in [-0.4, -0.2) is 25.8 Å². The van der Waals surface area contributed by atoms with E-state index in [-0.39, 0.29) is 12.5 Å². The van der Waals surface area contributed by atoms with Crippen molar-refractivity contribution in [3.63, 3.8) is 0 Å². The summed E-state index contributed by atoms with van der Waals surface area (Å²) in [5.74, 6) is 0.568. The van der Waals surface area contributed by atoms with Gasteiger partial charge in [0.25, 0.3) is 5.91 Å². The fourth-order valence-corrected chi connectivity index (χ4v) is 2.46. The summed E-state index contributed by atoms with van der Waals surface area (Å²) < 4.78 is 5.09. The second-order valence-electron chi connectivity index (χ2n) is 5.45. The third kappa shape index (κ3) is 4.35. The normalized spacial score (nSPS) is 10.8. The minimum Gasteiger partial charge on any atom is -0.497 e. The van der Waals surface area contributed by atoms with Crippen molar-refractivity contribution in [3.8, 4) is 5.75 Å². The maximum atomic E-state index is 11.9. The van der Waals surface area contributed by atoms with Gasteiger partial charge in [0.2, 0.25) is 0 Å². The van der Waals surface area contributed by atoms with Crippen LogP contribution in [0.1, 0.15) is 5.56 Å². The van der Waals surface area contributed by atoms with Crippen LogP contribution in [0.15, 0.2) is 71.8 Å². The maximum Gasteiger partial charge on any atom is 0.259 e. The van der Waals surface area contributed by atoms with Crippen molar-refractivity contribution in [2.24, 2.45) is 5.10 Å². The molecule has 3 aromatic carbocycles. The van der Waals surface area contributed by atoms with Crippen LogP contribution in [0.25, 0.3) is 10.8 Å². The van der Waals surface area contributed by atoms with Crippen molar-refractivity contribution in [1.29, 1.82) is 0 Å². The van der Waals surface area contributed by atoms with E-state index in [2.05, 4.69) is 15.8 Å². The Morgan fingerprint density at radius 3 is 2.60 bits per heavy atom. The number of anilines is 1. The second-order valence-corrected chi connectivity index (χ2v) is 5.45. The van der Waals surface area contributed by atoms with Gasteiger partial charge in [-0.1, -0.05) is 36.4 Å². The number of fused-ring (bicyclic) bond motifs is 1. The molecule has 3 aromatic rings. The van der Waals surface area contributed by atoms with Gasteiger partial charge in [-0.2, -0.15) is 5.10 Å². The molecule has 0 atom stereocenters. The topological polar surface area (TPSA) is 62.7 Å². The third-order valence-corrected chi connectivity index (χ3v) is 3.75. The van der Waals surface area contributed by atoms with Crippen LogP contribution in [0.4, 0.5) is 5.69 Å². The fraction of sp³-hybridized carbons (Fsp3) is 0.100. The van der Waals surface area contributed by atoms with E-state index >= 15 is 0 Å². The molecule has 5 nitrogen and oxygen atoms in total. The summed E-state index contributed by atoms with van der Waals surface area (Å²) in [4.78, 5) is 11.9. The Kier molecular flexibility index (Phi) is 5.26. The van der Waals surface area contributed by atoms with Gasteiger partial charge in [0.15, 0.2) is 0 Å². The number of methoxy groups -OCH3 is 1. The van der Waals surface area contributed by atoms with Gasteiger partial charge in [-0.25, -0.2) is 5.43 Å². The Morgan fingerprint density at radius 2 is 1.80 bits per heavy atom. The van der Waals surface area contributed by atoms with E-state index in [4.69, 9.17) is 4.74 Å². The quantitative estimate of drug-likeness (QED) is 0.537. The lowest BCUT2D eigenvalue weighted by atomic mass is 10.1. The van der Waals surface area contributed by atoms with Crippen LogP contribution in [0.5, 0.6) is 5.75 Å². The molecule has 0 heterocycles. The lowest BCUT2D eigenvalue weighted by Crippen LogP contribution is -2.25. The number of amides is 1. The molecule has 126 valence electrons. The van der Waals surface area contributed by atoms with E-state index in [1.54, 1.807) is 13.3 Å². The van der Waals surface area contributed by atoms with Gasteiger partial charge >= 0.3 is 0 Å². The first-order valence-electron chi connectivity index (χ1n) is 7.94. The molecule has 0 bridgehead atoms. The minimum absolute atomic E-state index is 0.147. The summed E-state index contributed by atoms with van der Waals surface area (Å²) in [6.07, 6.45) is 1.59. The third-order valence-electron chi connectivity index (χ3n) is 3.75. The first-order chi connectivity index (χ1) is 12.3. The van der Waals surface area contributed by atoms with Crippen molar-refractivity contribution in [2.75, 3.05) is 19.0 Å². The van der Waals surface area contributed by atoms with Crippen molar-refractivity contribution >= 4 is 28.6 Å². The number of benzene rings is 3. The summed E-state index contributed by atoms with van der Waals surface area (Å²) in [7, 11) is 1.62. The van der Waals surface area contributed by atoms with Gasteiger partial charge in [0, 0.05) is 11.1 Å². The highest BCUT2D eigenvalue weighted by atomic mass is 16.5. The Balaban J connectivity index is 1.54. The molecule has 1 amide bonds. The Hall–Kier alpha value is -3.34. The molecule has 0 fully saturated rings. The van der Waals surface area contributed by atoms with Gasteiger partial charge in [-0.15, -0.1) is 0 Å². The molecule has 0 spiro atoms. The lowest BCUT2D eigenvalue weighted by Gasteiger charge is -2.08. The fourth-order valence-electron chi connectivity index (χ4n) is 2.46. The molecular weight excluding hydrogens is 314 g/mol. The van der Waals surface area contributed by atoms with Gasteiger partial charge in [0.1, 0.15) is 5.75 Å². The molecule has 0 saturated heterocycles. The van der Waals surface area contributed by atoms with Crippen molar-refractivity contribution in [2.45, 2.75) is 0 Å². The van der Waals surface area contributed by atoms with E-state index in [0.29, 0.717) is 0 Å². The van der Waals surface area contributed by atoms with Gasteiger partial charge in [-0.05, 0) is 41.3 Å². The number of ether oxygens (including phenoxy) is 1. The average Bonchev–Trinajstić information content (AvgIpc) is 2.67. The number of nitrogens with zero attached hydrogens (tertiary/aromatic N) is 1. The second kappa shape index (κ2) is 7.97. The van der Waals surface area contributed by atoms with Crippen LogP contribution in [-0.2, 0) is 4.79 Å². The smallest absolute Gasteiger partial charge is 0.259 e. The van der Waals surface area contributed by atoms with Crippen molar-refractivity contribution in [1.82, 2.24) is 5.43 Å². The van der Waals surface area contributed by atoms with Gasteiger partial charge in [-0.3, -0.25) is 4.79 Å². The largest absolute Gasteiger partial charge is 0.497 e. The Bertz CT molecular complexity index is 884. The van der Waals surface area contributed by atoms with E-state index < -0.39 is 0 Å².